The fourth-order valence-electron chi connectivity index (χ4n) is 3.80. The van der Waals surface area contributed by atoms with Crippen molar-refractivity contribution in [3.8, 4) is 0 Å². The van der Waals surface area contributed by atoms with E-state index in [9.17, 15) is 4.79 Å². The Morgan fingerprint density at radius 3 is 2.76 bits per heavy atom. The van der Waals surface area contributed by atoms with Crippen molar-refractivity contribution in [2.24, 2.45) is 5.92 Å². The van der Waals surface area contributed by atoms with Crippen molar-refractivity contribution in [1.82, 2.24) is 14.9 Å². The second-order valence-electron chi connectivity index (χ2n) is 7.50. The highest BCUT2D eigenvalue weighted by Gasteiger charge is 2.38. The first-order valence-corrected chi connectivity index (χ1v) is 8.95. The highest BCUT2D eigenvalue weighted by molar-refractivity contribution is 5.79. The van der Waals surface area contributed by atoms with Gasteiger partial charge in [-0.1, -0.05) is 0 Å². The summed E-state index contributed by atoms with van der Waals surface area (Å²) in [4.78, 5) is 25.7. The number of carbonyl (C=O) groups is 1. The molecule has 2 aliphatic rings. The van der Waals surface area contributed by atoms with Gasteiger partial charge in [-0.3, -0.25) is 9.78 Å². The van der Waals surface area contributed by atoms with Crippen molar-refractivity contribution >= 4 is 11.7 Å². The number of amides is 1. The normalized spacial score (nSPS) is 24.4. The number of ether oxygens (including phenoxy) is 2. The van der Waals surface area contributed by atoms with E-state index in [2.05, 4.69) is 14.9 Å². The summed E-state index contributed by atoms with van der Waals surface area (Å²) in [6.45, 7) is 7.50. The summed E-state index contributed by atoms with van der Waals surface area (Å²) in [5.41, 5.74) is -0.336. The molecule has 25 heavy (non-hydrogen) atoms. The average Bonchev–Trinajstić information content (AvgIpc) is 2.61. The molecule has 1 aromatic heterocycles. The Labute approximate surface area is 149 Å². The van der Waals surface area contributed by atoms with Crippen molar-refractivity contribution in [3.05, 3.63) is 18.6 Å². The van der Waals surface area contributed by atoms with Gasteiger partial charge in [0.05, 0.1) is 24.5 Å². The molecule has 7 heteroatoms. The van der Waals surface area contributed by atoms with Crippen LogP contribution in [0.3, 0.4) is 0 Å². The SMILES string of the molecule is COCC1CN(C(=O)C2CCN(c3cnccn3)CC2)CC(C)(C)O1. The zero-order valence-electron chi connectivity index (χ0n) is 15.4. The minimum absolute atomic E-state index is 0.0580. The molecule has 0 aliphatic carbocycles. The minimum atomic E-state index is -0.336. The molecule has 2 fully saturated rings. The summed E-state index contributed by atoms with van der Waals surface area (Å²) in [5.74, 6) is 1.21. The van der Waals surface area contributed by atoms with E-state index in [1.54, 1.807) is 25.7 Å². The summed E-state index contributed by atoms with van der Waals surface area (Å²) in [7, 11) is 1.67. The molecule has 0 N–H and O–H groups in total. The van der Waals surface area contributed by atoms with Crippen LogP contribution in [-0.2, 0) is 14.3 Å². The van der Waals surface area contributed by atoms with Gasteiger partial charge in [-0.15, -0.1) is 0 Å². The molecule has 138 valence electrons. The molecule has 1 atom stereocenters. The van der Waals surface area contributed by atoms with Gasteiger partial charge in [-0.25, -0.2) is 4.98 Å². The molecule has 2 aliphatic heterocycles. The number of piperidine rings is 1. The van der Waals surface area contributed by atoms with Gasteiger partial charge in [0.15, 0.2) is 0 Å². The third-order valence-corrected chi connectivity index (χ3v) is 4.86. The molecule has 2 saturated heterocycles. The number of morpholine rings is 1. The van der Waals surface area contributed by atoms with Gasteiger partial charge in [0.1, 0.15) is 5.82 Å². The van der Waals surface area contributed by atoms with Gasteiger partial charge in [0.25, 0.3) is 0 Å². The number of hydrogen-bond donors (Lipinski definition) is 0. The number of aromatic nitrogens is 2. The lowest BCUT2D eigenvalue weighted by atomic mass is 9.93. The van der Waals surface area contributed by atoms with E-state index in [1.165, 1.54) is 0 Å². The van der Waals surface area contributed by atoms with Gasteiger partial charge in [-0.2, -0.15) is 0 Å². The third-order valence-electron chi connectivity index (χ3n) is 4.86. The molecule has 3 heterocycles. The molecule has 1 unspecified atom stereocenters. The Kier molecular flexibility index (Phi) is 5.54. The number of hydrogen-bond acceptors (Lipinski definition) is 6. The van der Waals surface area contributed by atoms with Crippen molar-refractivity contribution in [2.75, 3.05) is 44.8 Å². The Hall–Kier alpha value is -1.73. The molecule has 1 aromatic rings. The van der Waals surface area contributed by atoms with Crippen molar-refractivity contribution in [3.63, 3.8) is 0 Å². The molecule has 0 radical (unpaired) electrons. The predicted molar refractivity (Wildman–Crippen MR) is 94.4 cm³/mol. The zero-order chi connectivity index (χ0) is 17.9. The Bertz CT molecular complexity index is 573. The van der Waals surface area contributed by atoms with E-state index >= 15 is 0 Å². The van der Waals surface area contributed by atoms with Gasteiger partial charge >= 0.3 is 0 Å². The molecule has 0 bridgehead atoms. The Morgan fingerprint density at radius 1 is 1.36 bits per heavy atom. The van der Waals surface area contributed by atoms with Crippen LogP contribution in [-0.4, -0.2) is 72.4 Å². The summed E-state index contributed by atoms with van der Waals surface area (Å²) in [6.07, 6.45) is 6.80. The van der Waals surface area contributed by atoms with Gasteiger partial charge in [-0.05, 0) is 26.7 Å². The van der Waals surface area contributed by atoms with Crippen LogP contribution < -0.4 is 4.90 Å². The molecule has 0 aromatic carbocycles. The lowest BCUT2D eigenvalue weighted by molar-refractivity contribution is -0.172. The number of methoxy groups -OCH3 is 1. The quantitative estimate of drug-likeness (QED) is 0.818. The summed E-state index contributed by atoms with van der Waals surface area (Å²) in [5, 5.41) is 0. The maximum absolute atomic E-state index is 13.0. The summed E-state index contributed by atoms with van der Waals surface area (Å²) < 4.78 is 11.2. The van der Waals surface area contributed by atoms with Gasteiger partial charge in [0, 0.05) is 51.6 Å². The monoisotopic (exact) mass is 348 g/mol. The minimum Gasteiger partial charge on any atom is -0.382 e. The molecule has 0 saturated carbocycles. The Morgan fingerprint density at radius 2 is 2.12 bits per heavy atom. The van der Waals surface area contributed by atoms with Crippen LogP contribution in [0, 0.1) is 5.92 Å². The molecular weight excluding hydrogens is 320 g/mol. The molecule has 1 amide bonds. The number of anilines is 1. The van der Waals surface area contributed by atoms with E-state index in [0.29, 0.717) is 19.7 Å². The number of carbonyl (C=O) groups excluding carboxylic acids is 1. The average molecular weight is 348 g/mol. The predicted octanol–water partition coefficient (Wildman–Crippen LogP) is 1.35. The fourth-order valence-corrected chi connectivity index (χ4v) is 3.80. The zero-order valence-corrected chi connectivity index (χ0v) is 15.4. The smallest absolute Gasteiger partial charge is 0.226 e. The molecule has 3 rings (SSSR count). The van der Waals surface area contributed by atoms with E-state index < -0.39 is 0 Å². The van der Waals surface area contributed by atoms with Crippen LogP contribution in [0.1, 0.15) is 26.7 Å². The Balaban J connectivity index is 1.58. The maximum Gasteiger partial charge on any atom is 0.226 e. The summed E-state index contributed by atoms with van der Waals surface area (Å²) >= 11 is 0. The first-order chi connectivity index (χ1) is 12.0. The second kappa shape index (κ2) is 7.66. The van der Waals surface area contributed by atoms with E-state index in [4.69, 9.17) is 9.47 Å². The third kappa shape index (κ3) is 4.46. The first kappa shape index (κ1) is 18.1. The van der Waals surface area contributed by atoms with Crippen molar-refractivity contribution in [2.45, 2.75) is 38.4 Å². The first-order valence-electron chi connectivity index (χ1n) is 8.95. The summed E-state index contributed by atoms with van der Waals surface area (Å²) in [6, 6.07) is 0. The van der Waals surface area contributed by atoms with Crippen LogP contribution in [0.25, 0.3) is 0 Å². The van der Waals surface area contributed by atoms with Crippen molar-refractivity contribution in [1.29, 1.82) is 0 Å². The standard InChI is InChI=1S/C18H28N4O3/c1-18(2)13-22(11-15(25-18)12-24-3)17(23)14-4-8-21(9-5-14)16-10-19-6-7-20-16/h6-7,10,14-15H,4-5,8-9,11-13H2,1-3H3. The van der Waals surface area contributed by atoms with E-state index in [1.807, 2.05) is 18.7 Å². The van der Waals surface area contributed by atoms with Gasteiger partial charge in [0.2, 0.25) is 5.91 Å². The van der Waals surface area contributed by atoms with Crippen LogP contribution in [0.2, 0.25) is 0 Å². The molecule has 0 spiro atoms. The van der Waals surface area contributed by atoms with Crippen LogP contribution >= 0.6 is 0 Å². The topological polar surface area (TPSA) is 67.8 Å². The fraction of sp³-hybridized carbons (Fsp3) is 0.722. The van der Waals surface area contributed by atoms with Crippen LogP contribution in [0.15, 0.2) is 18.6 Å². The second-order valence-corrected chi connectivity index (χ2v) is 7.50. The molecular formula is C18H28N4O3. The highest BCUT2D eigenvalue weighted by Crippen LogP contribution is 2.27. The maximum atomic E-state index is 13.0. The lowest BCUT2D eigenvalue weighted by Crippen LogP contribution is -2.57. The number of nitrogens with zero attached hydrogens (tertiary/aromatic N) is 4. The van der Waals surface area contributed by atoms with Crippen molar-refractivity contribution < 1.29 is 14.3 Å². The van der Waals surface area contributed by atoms with Gasteiger partial charge < -0.3 is 19.3 Å². The van der Waals surface area contributed by atoms with E-state index in [0.717, 1.165) is 31.7 Å². The lowest BCUT2D eigenvalue weighted by Gasteiger charge is -2.44. The van der Waals surface area contributed by atoms with E-state index in [-0.39, 0.29) is 23.5 Å². The van der Waals surface area contributed by atoms with Crippen LogP contribution in [0.5, 0.6) is 0 Å². The van der Waals surface area contributed by atoms with Crippen LogP contribution in [0.4, 0.5) is 5.82 Å². The number of rotatable bonds is 4. The highest BCUT2D eigenvalue weighted by atomic mass is 16.5. The largest absolute Gasteiger partial charge is 0.382 e. The molecule has 7 nitrogen and oxygen atoms in total.